The summed E-state index contributed by atoms with van der Waals surface area (Å²) in [5.41, 5.74) is 0.557. The molecule has 7 nitrogen and oxygen atoms in total. The van der Waals surface area contributed by atoms with Gasteiger partial charge in [-0.3, -0.25) is 14.4 Å². The number of hydrogen-bond acceptors (Lipinski definition) is 5. The van der Waals surface area contributed by atoms with Gasteiger partial charge in [-0.05, 0) is 51.0 Å². The summed E-state index contributed by atoms with van der Waals surface area (Å²) in [6, 6.07) is 8.50. The van der Waals surface area contributed by atoms with Crippen LogP contribution in [0.25, 0.3) is 0 Å². The molecule has 8 heteroatoms. The normalized spacial score (nSPS) is 30.3. The van der Waals surface area contributed by atoms with Crippen LogP contribution < -0.4 is 10.6 Å². The number of aliphatic hydroxyl groups is 1. The molecule has 4 rings (SSSR count). The summed E-state index contributed by atoms with van der Waals surface area (Å²) >= 11 is 1.65. The molecule has 3 aliphatic rings. The maximum Gasteiger partial charge on any atom is 0.244 e. The Hall–Kier alpha value is -2.06. The van der Waals surface area contributed by atoms with Crippen LogP contribution in [0.2, 0.25) is 0 Å². The van der Waals surface area contributed by atoms with E-state index in [-0.39, 0.29) is 35.0 Å². The number of benzene rings is 1. The summed E-state index contributed by atoms with van der Waals surface area (Å²) in [7, 11) is 0. The van der Waals surface area contributed by atoms with E-state index >= 15 is 0 Å². The summed E-state index contributed by atoms with van der Waals surface area (Å²) in [6.07, 6.45) is 2.29. The van der Waals surface area contributed by atoms with Crippen LogP contribution in [-0.2, 0) is 20.9 Å². The molecular weight excluding hydrogens is 474 g/mol. The van der Waals surface area contributed by atoms with Crippen molar-refractivity contribution in [1.82, 2.24) is 15.5 Å². The predicted octanol–water partition coefficient (Wildman–Crippen LogP) is 3.11. The van der Waals surface area contributed by atoms with Crippen molar-refractivity contribution in [3.05, 3.63) is 35.9 Å². The zero-order chi connectivity index (χ0) is 26.5. The molecule has 2 bridgehead atoms. The second-order valence-electron chi connectivity index (χ2n) is 12.6. The molecular formula is C28H41N3O4S. The van der Waals surface area contributed by atoms with Gasteiger partial charge >= 0.3 is 0 Å². The fraction of sp³-hybridized carbons (Fsp3) is 0.679. The Morgan fingerprint density at radius 2 is 1.83 bits per heavy atom. The third kappa shape index (κ3) is 4.91. The van der Waals surface area contributed by atoms with Crippen molar-refractivity contribution in [2.24, 2.45) is 17.3 Å². The number of carbonyl (C=O) groups is 3. The minimum Gasteiger partial charge on any atom is -0.394 e. The van der Waals surface area contributed by atoms with E-state index in [9.17, 15) is 19.5 Å². The number of carbonyl (C=O) groups excluding carboxylic acids is 3. The number of amides is 3. The minimum absolute atomic E-state index is 0.0131. The van der Waals surface area contributed by atoms with Crippen LogP contribution >= 0.6 is 11.8 Å². The van der Waals surface area contributed by atoms with Gasteiger partial charge in [-0.15, -0.1) is 11.8 Å². The molecule has 0 aliphatic carbocycles. The maximum atomic E-state index is 13.9. The molecule has 2 unspecified atom stereocenters. The standard InChI is InChI=1S/C28H41N3O4S/c1-17(15-32)31-22(24(34)30-27(5,6)16-26(2,3)4)28-13-12-19(36-28)20(21(28)25(31)35)23(33)29-14-18-10-8-7-9-11-18/h7-11,17,19-22,32H,12-16H2,1-6H3,(H,29,33)(H,30,34)/t17-,19+,20-,21+,22?,28?/m1/s1. The van der Waals surface area contributed by atoms with Crippen LogP contribution in [-0.4, -0.2) is 62.0 Å². The average Bonchev–Trinajstić information content (AvgIpc) is 3.43. The number of rotatable bonds is 8. The molecule has 36 heavy (non-hydrogen) atoms. The predicted molar refractivity (Wildman–Crippen MR) is 142 cm³/mol. The first kappa shape index (κ1) is 27.0. The molecule has 0 aromatic heterocycles. The minimum atomic E-state index is -0.710. The second-order valence-corrected chi connectivity index (χ2v) is 14.2. The van der Waals surface area contributed by atoms with Gasteiger partial charge in [0.05, 0.1) is 29.2 Å². The number of thioether (sulfide) groups is 1. The highest BCUT2D eigenvalue weighted by Crippen LogP contribution is 2.66. The van der Waals surface area contributed by atoms with E-state index in [1.165, 1.54) is 0 Å². The van der Waals surface area contributed by atoms with E-state index < -0.39 is 34.2 Å². The van der Waals surface area contributed by atoms with Gasteiger partial charge in [0.2, 0.25) is 17.7 Å². The summed E-state index contributed by atoms with van der Waals surface area (Å²) < 4.78 is -0.651. The topological polar surface area (TPSA) is 98.7 Å². The highest BCUT2D eigenvalue weighted by atomic mass is 32.2. The first-order chi connectivity index (χ1) is 16.8. The number of fused-ring (bicyclic) bond motifs is 1. The summed E-state index contributed by atoms with van der Waals surface area (Å²) in [5.74, 6) is -1.53. The van der Waals surface area contributed by atoms with Crippen molar-refractivity contribution < 1.29 is 19.5 Å². The number of nitrogens with zero attached hydrogens (tertiary/aromatic N) is 1. The number of aliphatic hydroxyl groups excluding tert-OH is 1. The average molecular weight is 516 g/mol. The van der Waals surface area contributed by atoms with Crippen molar-refractivity contribution in [2.45, 2.75) is 95.0 Å². The Kier molecular flexibility index (Phi) is 7.25. The molecule has 6 atom stereocenters. The van der Waals surface area contributed by atoms with E-state index in [0.29, 0.717) is 13.0 Å². The molecule has 1 spiro atoms. The third-order valence-corrected chi connectivity index (χ3v) is 9.72. The van der Waals surface area contributed by atoms with Crippen molar-refractivity contribution in [3.8, 4) is 0 Å². The van der Waals surface area contributed by atoms with Gasteiger partial charge in [-0.25, -0.2) is 0 Å². The molecule has 198 valence electrons. The van der Waals surface area contributed by atoms with Crippen LogP contribution in [0.4, 0.5) is 0 Å². The van der Waals surface area contributed by atoms with Crippen LogP contribution in [0.5, 0.6) is 0 Å². The lowest BCUT2D eigenvalue weighted by Gasteiger charge is -2.40. The molecule has 3 N–H and O–H groups in total. The van der Waals surface area contributed by atoms with E-state index in [2.05, 4.69) is 31.4 Å². The molecule has 3 aliphatic heterocycles. The van der Waals surface area contributed by atoms with Crippen LogP contribution in [0.1, 0.15) is 66.4 Å². The fourth-order valence-corrected chi connectivity index (χ4v) is 9.13. The zero-order valence-corrected chi connectivity index (χ0v) is 23.2. The Labute approximate surface area is 219 Å². The van der Waals surface area contributed by atoms with Gasteiger partial charge in [0, 0.05) is 17.3 Å². The van der Waals surface area contributed by atoms with Crippen molar-refractivity contribution >= 4 is 29.5 Å². The first-order valence-corrected chi connectivity index (χ1v) is 13.9. The highest BCUT2D eigenvalue weighted by molar-refractivity contribution is 8.02. The Morgan fingerprint density at radius 3 is 2.44 bits per heavy atom. The lowest BCUT2D eigenvalue weighted by atomic mass is 9.70. The SMILES string of the molecule is C[C@H](CO)N1C(=O)[C@@H]2[C@H](C(=O)NCc3ccccc3)[C@@H]3CCC2(S3)C1C(=O)NC(C)(C)CC(C)(C)C. The van der Waals surface area contributed by atoms with E-state index in [4.69, 9.17) is 0 Å². The fourth-order valence-electron chi connectivity index (χ4n) is 6.93. The Bertz CT molecular complexity index is 1010. The molecule has 1 aromatic rings. The van der Waals surface area contributed by atoms with E-state index in [1.807, 2.05) is 44.2 Å². The number of nitrogens with one attached hydrogen (secondary N) is 2. The lowest BCUT2D eigenvalue weighted by molar-refractivity contribution is -0.142. The van der Waals surface area contributed by atoms with Gasteiger partial charge in [-0.2, -0.15) is 0 Å². The molecule has 3 fully saturated rings. The lowest BCUT2D eigenvalue weighted by Crippen LogP contribution is -2.59. The Morgan fingerprint density at radius 1 is 1.17 bits per heavy atom. The van der Waals surface area contributed by atoms with Gasteiger partial charge in [0.1, 0.15) is 6.04 Å². The van der Waals surface area contributed by atoms with Gasteiger partial charge in [-0.1, -0.05) is 51.1 Å². The monoisotopic (exact) mass is 515 g/mol. The first-order valence-electron chi connectivity index (χ1n) is 13.0. The van der Waals surface area contributed by atoms with Crippen LogP contribution in [0, 0.1) is 17.3 Å². The van der Waals surface area contributed by atoms with Gasteiger partial charge in [0.15, 0.2) is 0 Å². The maximum absolute atomic E-state index is 13.9. The summed E-state index contributed by atoms with van der Waals surface area (Å²) in [4.78, 5) is 42.9. The molecule has 0 saturated carbocycles. The molecule has 1 aromatic carbocycles. The van der Waals surface area contributed by atoms with Crippen molar-refractivity contribution in [3.63, 3.8) is 0 Å². The summed E-state index contributed by atoms with van der Waals surface area (Å²) in [6.45, 7) is 12.4. The largest absolute Gasteiger partial charge is 0.394 e. The van der Waals surface area contributed by atoms with Crippen molar-refractivity contribution in [2.75, 3.05) is 6.61 Å². The van der Waals surface area contributed by atoms with Crippen LogP contribution in [0.15, 0.2) is 30.3 Å². The third-order valence-electron chi connectivity index (χ3n) is 7.77. The number of likely N-dealkylation sites (tertiary alicyclic amines) is 1. The molecule has 3 amide bonds. The second kappa shape index (κ2) is 9.67. The Balaban J connectivity index is 1.61. The zero-order valence-electron chi connectivity index (χ0n) is 22.3. The van der Waals surface area contributed by atoms with E-state index in [0.717, 1.165) is 18.4 Å². The smallest absolute Gasteiger partial charge is 0.244 e. The van der Waals surface area contributed by atoms with Gasteiger partial charge < -0.3 is 20.6 Å². The molecule has 0 radical (unpaired) electrons. The summed E-state index contributed by atoms with van der Waals surface area (Å²) in [5, 5.41) is 16.3. The molecule has 3 heterocycles. The molecule has 3 saturated heterocycles. The quantitative estimate of drug-likeness (QED) is 0.494. The highest BCUT2D eigenvalue weighted by Gasteiger charge is 2.74. The number of hydrogen-bond donors (Lipinski definition) is 3. The van der Waals surface area contributed by atoms with Gasteiger partial charge in [0.25, 0.3) is 0 Å². The van der Waals surface area contributed by atoms with Crippen LogP contribution in [0.3, 0.4) is 0 Å². The van der Waals surface area contributed by atoms with Crippen molar-refractivity contribution in [1.29, 1.82) is 0 Å². The van der Waals surface area contributed by atoms with E-state index in [1.54, 1.807) is 23.6 Å².